The van der Waals surface area contributed by atoms with Crippen LogP contribution >= 0.6 is 27.5 Å². The van der Waals surface area contributed by atoms with Gasteiger partial charge in [0.25, 0.3) is 0 Å². The standard InChI is InChI=1S/C19H18BrClN6O3/c1-2-28-15-8-12(9-24-25-18(22)16-19(23)27-30-26-16)7-14(20)17(15)29-10-11-3-5-13(21)6-4-11/h3-9H,2,10H2,1H3,(H2,22,25)(H2,23,27)/b24-9+. The van der Waals surface area contributed by atoms with Crippen LogP contribution in [-0.2, 0) is 6.61 Å². The zero-order valence-corrected chi connectivity index (χ0v) is 18.2. The van der Waals surface area contributed by atoms with Gasteiger partial charge in [0.05, 0.1) is 17.3 Å². The lowest BCUT2D eigenvalue weighted by Crippen LogP contribution is -2.15. The van der Waals surface area contributed by atoms with Gasteiger partial charge < -0.3 is 20.9 Å². The van der Waals surface area contributed by atoms with Crippen LogP contribution < -0.4 is 20.9 Å². The van der Waals surface area contributed by atoms with Gasteiger partial charge >= 0.3 is 0 Å². The third-order valence-electron chi connectivity index (χ3n) is 3.76. The van der Waals surface area contributed by atoms with Crippen molar-refractivity contribution >= 4 is 45.4 Å². The summed E-state index contributed by atoms with van der Waals surface area (Å²) >= 11 is 9.44. The Morgan fingerprint density at radius 3 is 2.67 bits per heavy atom. The molecule has 30 heavy (non-hydrogen) atoms. The highest BCUT2D eigenvalue weighted by Gasteiger charge is 2.13. The molecule has 1 heterocycles. The number of aromatic nitrogens is 2. The molecule has 9 nitrogen and oxygen atoms in total. The summed E-state index contributed by atoms with van der Waals surface area (Å²) in [5.41, 5.74) is 13.2. The van der Waals surface area contributed by atoms with E-state index in [0.717, 1.165) is 5.56 Å². The third kappa shape index (κ3) is 5.49. The van der Waals surface area contributed by atoms with Crippen LogP contribution in [0.15, 0.2) is 55.7 Å². The molecule has 0 fully saturated rings. The van der Waals surface area contributed by atoms with E-state index in [1.165, 1.54) is 6.21 Å². The summed E-state index contributed by atoms with van der Waals surface area (Å²) in [6.45, 7) is 2.71. The number of nitrogens with two attached hydrogens (primary N) is 2. The van der Waals surface area contributed by atoms with E-state index in [-0.39, 0.29) is 17.3 Å². The van der Waals surface area contributed by atoms with Gasteiger partial charge in [-0.15, -0.1) is 5.10 Å². The highest BCUT2D eigenvalue weighted by Crippen LogP contribution is 2.37. The molecular weight excluding hydrogens is 476 g/mol. The first-order chi connectivity index (χ1) is 14.5. The molecule has 3 rings (SSSR count). The molecule has 0 aliphatic rings. The van der Waals surface area contributed by atoms with Crippen molar-refractivity contribution in [2.75, 3.05) is 12.3 Å². The number of hydrogen-bond donors (Lipinski definition) is 2. The maximum atomic E-state index is 5.96. The first-order valence-corrected chi connectivity index (χ1v) is 9.93. The van der Waals surface area contributed by atoms with Crippen LogP contribution in [0, 0.1) is 0 Å². The van der Waals surface area contributed by atoms with E-state index in [2.05, 4.69) is 41.1 Å². The quantitative estimate of drug-likeness (QED) is 0.277. The third-order valence-corrected chi connectivity index (χ3v) is 4.60. The second-order valence-corrected chi connectivity index (χ2v) is 7.20. The molecular formula is C19H18BrClN6O3. The van der Waals surface area contributed by atoms with Crippen LogP contribution in [0.1, 0.15) is 23.7 Å². The van der Waals surface area contributed by atoms with Crippen molar-refractivity contribution in [3.05, 3.63) is 62.7 Å². The van der Waals surface area contributed by atoms with Gasteiger partial charge in [-0.2, -0.15) is 5.10 Å². The van der Waals surface area contributed by atoms with Gasteiger partial charge in [0.15, 0.2) is 28.8 Å². The van der Waals surface area contributed by atoms with E-state index in [1.807, 2.05) is 37.3 Å². The second-order valence-electron chi connectivity index (χ2n) is 5.91. The lowest BCUT2D eigenvalue weighted by Gasteiger charge is -2.14. The summed E-state index contributed by atoms with van der Waals surface area (Å²) < 4.78 is 16.9. The average molecular weight is 494 g/mol. The molecule has 1 aromatic heterocycles. The summed E-state index contributed by atoms with van der Waals surface area (Å²) in [6.07, 6.45) is 1.51. The van der Waals surface area contributed by atoms with E-state index in [4.69, 9.17) is 32.5 Å². The van der Waals surface area contributed by atoms with E-state index in [9.17, 15) is 0 Å². The summed E-state index contributed by atoms with van der Waals surface area (Å²) in [4.78, 5) is 0. The summed E-state index contributed by atoms with van der Waals surface area (Å²) in [6, 6.07) is 11.0. The first kappa shape index (κ1) is 21.6. The minimum absolute atomic E-state index is 0.0167. The fourth-order valence-corrected chi connectivity index (χ4v) is 3.08. The monoisotopic (exact) mass is 492 g/mol. The number of nitrogen functional groups attached to an aromatic ring is 1. The largest absolute Gasteiger partial charge is 0.490 e. The Hall–Kier alpha value is -3.11. The Balaban J connectivity index is 1.78. The van der Waals surface area contributed by atoms with Gasteiger partial charge in [-0.25, -0.2) is 4.63 Å². The minimum Gasteiger partial charge on any atom is -0.490 e. The van der Waals surface area contributed by atoms with Crippen molar-refractivity contribution in [2.45, 2.75) is 13.5 Å². The van der Waals surface area contributed by atoms with E-state index in [1.54, 1.807) is 6.07 Å². The Labute approximate surface area is 185 Å². The van der Waals surface area contributed by atoms with Crippen LogP contribution in [0.2, 0.25) is 5.02 Å². The molecule has 4 N–H and O–H groups in total. The molecule has 11 heteroatoms. The number of nitrogens with zero attached hydrogens (tertiary/aromatic N) is 4. The maximum absolute atomic E-state index is 5.96. The zero-order chi connectivity index (χ0) is 21.5. The molecule has 0 aliphatic heterocycles. The number of hydrogen-bond acceptors (Lipinski definition) is 8. The molecule has 0 aliphatic carbocycles. The molecule has 0 saturated carbocycles. The fraction of sp³-hybridized carbons (Fsp3) is 0.158. The number of anilines is 1. The van der Waals surface area contributed by atoms with Crippen molar-refractivity contribution in [2.24, 2.45) is 15.9 Å². The molecule has 156 valence electrons. The normalized spacial score (nSPS) is 11.8. The van der Waals surface area contributed by atoms with Crippen molar-refractivity contribution in [3.63, 3.8) is 0 Å². The lowest BCUT2D eigenvalue weighted by atomic mass is 10.2. The van der Waals surface area contributed by atoms with Crippen molar-refractivity contribution < 1.29 is 14.1 Å². The molecule has 0 amide bonds. The van der Waals surface area contributed by atoms with Gasteiger partial charge in [-0.1, -0.05) is 23.7 Å². The lowest BCUT2D eigenvalue weighted by molar-refractivity contribution is 0.267. The van der Waals surface area contributed by atoms with E-state index >= 15 is 0 Å². The van der Waals surface area contributed by atoms with Gasteiger partial charge in [-0.05, 0) is 68.6 Å². The van der Waals surface area contributed by atoms with E-state index in [0.29, 0.717) is 39.8 Å². The summed E-state index contributed by atoms with van der Waals surface area (Å²) in [5.74, 6) is 1.16. The molecule has 0 unspecified atom stereocenters. The maximum Gasteiger partial charge on any atom is 0.199 e. The molecule has 3 aromatic rings. The van der Waals surface area contributed by atoms with Gasteiger partial charge in [0.1, 0.15) is 6.61 Å². The molecule has 2 aromatic carbocycles. The van der Waals surface area contributed by atoms with Gasteiger partial charge in [0.2, 0.25) is 0 Å². The highest BCUT2D eigenvalue weighted by molar-refractivity contribution is 9.10. The zero-order valence-electron chi connectivity index (χ0n) is 15.9. The van der Waals surface area contributed by atoms with Crippen molar-refractivity contribution in [1.29, 1.82) is 0 Å². The molecule has 0 saturated heterocycles. The van der Waals surface area contributed by atoms with Crippen LogP contribution in [0.4, 0.5) is 5.82 Å². The number of benzene rings is 2. The smallest absolute Gasteiger partial charge is 0.199 e. The van der Waals surface area contributed by atoms with Crippen molar-refractivity contribution in [1.82, 2.24) is 10.3 Å². The Morgan fingerprint density at radius 2 is 2.00 bits per heavy atom. The Bertz CT molecular complexity index is 1070. The Morgan fingerprint density at radius 1 is 1.23 bits per heavy atom. The molecule has 0 atom stereocenters. The number of amidine groups is 1. The van der Waals surface area contributed by atoms with Crippen LogP contribution in [-0.4, -0.2) is 29.0 Å². The number of ether oxygens (including phenoxy) is 2. The number of halogens is 2. The predicted molar refractivity (Wildman–Crippen MR) is 118 cm³/mol. The van der Waals surface area contributed by atoms with Gasteiger partial charge in [0, 0.05) is 5.02 Å². The summed E-state index contributed by atoms with van der Waals surface area (Å²) in [5, 5.41) is 15.5. The minimum atomic E-state index is -0.0167. The molecule has 0 bridgehead atoms. The number of rotatable bonds is 8. The topological polar surface area (TPSA) is 134 Å². The van der Waals surface area contributed by atoms with Crippen LogP contribution in [0.5, 0.6) is 11.5 Å². The van der Waals surface area contributed by atoms with Crippen LogP contribution in [0.25, 0.3) is 0 Å². The fourth-order valence-electron chi connectivity index (χ4n) is 2.38. The SMILES string of the molecule is CCOc1cc(/C=N/N=C(\N)c2nonc2N)cc(Br)c1OCc1ccc(Cl)cc1. The Kier molecular flexibility index (Phi) is 7.26. The highest BCUT2D eigenvalue weighted by atomic mass is 79.9. The average Bonchev–Trinajstić information content (AvgIpc) is 3.15. The van der Waals surface area contributed by atoms with Gasteiger partial charge in [-0.3, -0.25) is 0 Å². The first-order valence-electron chi connectivity index (χ1n) is 8.76. The summed E-state index contributed by atoms with van der Waals surface area (Å²) in [7, 11) is 0. The molecule has 0 spiro atoms. The predicted octanol–water partition coefficient (Wildman–Crippen LogP) is 3.78. The second kappa shape index (κ2) is 10.1. The molecule has 0 radical (unpaired) electrons. The van der Waals surface area contributed by atoms with E-state index < -0.39 is 0 Å². The van der Waals surface area contributed by atoms with Crippen LogP contribution in [0.3, 0.4) is 0 Å². The van der Waals surface area contributed by atoms with Crippen molar-refractivity contribution in [3.8, 4) is 11.5 Å².